The molecule has 1 saturated heterocycles. The molecule has 2 amide bonds. The first-order valence-electron chi connectivity index (χ1n) is 8.59. The van der Waals surface area contributed by atoms with E-state index in [4.69, 9.17) is 4.52 Å². The third kappa shape index (κ3) is 2.81. The van der Waals surface area contributed by atoms with Crippen LogP contribution in [-0.4, -0.2) is 49.6 Å². The predicted octanol–water partition coefficient (Wildman–Crippen LogP) is 1.52. The van der Waals surface area contributed by atoms with E-state index in [-0.39, 0.29) is 17.9 Å². The summed E-state index contributed by atoms with van der Waals surface area (Å²) in [5.74, 6) is 0.684. The topological polar surface area (TPSA) is 84.5 Å². The lowest BCUT2D eigenvalue weighted by Gasteiger charge is -2.26. The molecule has 0 aromatic carbocycles. The number of rotatable bonds is 2. The summed E-state index contributed by atoms with van der Waals surface area (Å²) in [4.78, 5) is 28.1. The Bertz CT molecular complexity index is 824. The molecule has 132 valence electrons. The van der Waals surface area contributed by atoms with E-state index in [1.807, 2.05) is 22.6 Å². The Morgan fingerprint density at radius 1 is 1.24 bits per heavy atom. The van der Waals surface area contributed by atoms with Gasteiger partial charge in [-0.15, -0.1) is 0 Å². The standard InChI is InChI=1S/C17H21N5O3/c1-11-8-16(25-19-11)15-4-3-5-21(15)17(24)14-9-13-10-20(12(2)23)6-7-22(13)18-14/h8-9,15H,3-7,10H2,1-2H3/t15-/m1/s1. The summed E-state index contributed by atoms with van der Waals surface area (Å²) < 4.78 is 7.20. The lowest BCUT2D eigenvalue weighted by Crippen LogP contribution is -2.36. The highest BCUT2D eigenvalue weighted by atomic mass is 16.5. The Morgan fingerprint density at radius 2 is 2.08 bits per heavy atom. The van der Waals surface area contributed by atoms with Crippen LogP contribution in [0.1, 0.15) is 53.4 Å². The minimum atomic E-state index is -0.0900. The highest BCUT2D eigenvalue weighted by Crippen LogP contribution is 2.33. The van der Waals surface area contributed by atoms with Crippen LogP contribution in [0, 0.1) is 6.92 Å². The third-order valence-electron chi connectivity index (χ3n) is 4.95. The lowest BCUT2D eigenvalue weighted by atomic mass is 10.1. The maximum atomic E-state index is 13.0. The smallest absolute Gasteiger partial charge is 0.274 e. The molecule has 0 saturated carbocycles. The van der Waals surface area contributed by atoms with Crippen LogP contribution in [0.5, 0.6) is 0 Å². The molecule has 0 radical (unpaired) electrons. The highest BCUT2D eigenvalue weighted by molar-refractivity contribution is 5.93. The van der Waals surface area contributed by atoms with Gasteiger partial charge in [-0.05, 0) is 25.8 Å². The molecule has 4 heterocycles. The molecule has 1 fully saturated rings. The van der Waals surface area contributed by atoms with Crippen LogP contribution in [0.4, 0.5) is 0 Å². The number of carbonyl (C=O) groups excluding carboxylic acids is 2. The minimum Gasteiger partial charge on any atom is -0.359 e. The molecule has 4 rings (SSSR count). The van der Waals surface area contributed by atoms with Crippen LogP contribution in [0.15, 0.2) is 16.7 Å². The maximum Gasteiger partial charge on any atom is 0.274 e. The maximum absolute atomic E-state index is 13.0. The van der Waals surface area contributed by atoms with Gasteiger partial charge in [0.05, 0.1) is 30.5 Å². The van der Waals surface area contributed by atoms with Crippen molar-refractivity contribution in [3.8, 4) is 0 Å². The molecule has 25 heavy (non-hydrogen) atoms. The zero-order valence-corrected chi connectivity index (χ0v) is 14.4. The molecular formula is C17H21N5O3. The zero-order valence-electron chi connectivity index (χ0n) is 14.4. The van der Waals surface area contributed by atoms with Gasteiger partial charge < -0.3 is 14.3 Å². The average Bonchev–Trinajstić information content (AvgIpc) is 3.31. The van der Waals surface area contributed by atoms with Crippen molar-refractivity contribution in [3.63, 3.8) is 0 Å². The number of nitrogens with zero attached hydrogens (tertiary/aromatic N) is 5. The largest absolute Gasteiger partial charge is 0.359 e. The summed E-state index contributed by atoms with van der Waals surface area (Å²) in [5.41, 5.74) is 2.15. The summed E-state index contributed by atoms with van der Waals surface area (Å²) in [6.07, 6.45) is 1.80. The number of aromatic nitrogens is 3. The molecule has 0 spiro atoms. The van der Waals surface area contributed by atoms with Gasteiger partial charge in [0.2, 0.25) is 5.91 Å². The molecule has 2 aliphatic rings. The molecular weight excluding hydrogens is 322 g/mol. The molecule has 0 bridgehead atoms. The first kappa shape index (κ1) is 15.9. The van der Waals surface area contributed by atoms with E-state index in [1.165, 1.54) is 0 Å². The Balaban J connectivity index is 1.56. The van der Waals surface area contributed by atoms with Gasteiger partial charge in [-0.2, -0.15) is 5.10 Å². The number of likely N-dealkylation sites (tertiary alicyclic amines) is 1. The van der Waals surface area contributed by atoms with Gasteiger partial charge in [0.25, 0.3) is 5.91 Å². The second kappa shape index (κ2) is 6.02. The highest BCUT2D eigenvalue weighted by Gasteiger charge is 2.35. The molecule has 2 aromatic heterocycles. The van der Waals surface area contributed by atoms with Gasteiger partial charge in [-0.3, -0.25) is 14.3 Å². The number of amides is 2. The Hall–Kier alpha value is -2.64. The van der Waals surface area contributed by atoms with E-state index in [1.54, 1.807) is 17.9 Å². The molecule has 0 unspecified atom stereocenters. The first-order chi connectivity index (χ1) is 12.0. The SMILES string of the molecule is CC(=O)N1CCn2nc(C(=O)N3CCC[C@@H]3c3cc(C)no3)cc2C1. The van der Waals surface area contributed by atoms with Crippen molar-refractivity contribution < 1.29 is 14.1 Å². The zero-order chi connectivity index (χ0) is 17.6. The quantitative estimate of drug-likeness (QED) is 0.825. The van der Waals surface area contributed by atoms with Crippen molar-refractivity contribution in [1.29, 1.82) is 0 Å². The van der Waals surface area contributed by atoms with Crippen LogP contribution in [0.3, 0.4) is 0 Å². The lowest BCUT2D eigenvalue weighted by molar-refractivity contribution is -0.130. The van der Waals surface area contributed by atoms with Crippen molar-refractivity contribution in [2.45, 2.75) is 45.8 Å². The number of aryl methyl sites for hydroxylation is 1. The number of carbonyl (C=O) groups is 2. The second-order valence-electron chi connectivity index (χ2n) is 6.71. The second-order valence-corrected chi connectivity index (χ2v) is 6.71. The van der Waals surface area contributed by atoms with Gasteiger partial charge >= 0.3 is 0 Å². The summed E-state index contributed by atoms with van der Waals surface area (Å²) in [7, 11) is 0. The molecule has 0 aliphatic carbocycles. The van der Waals surface area contributed by atoms with Crippen LogP contribution in [0.2, 0.25) is 0 Å². The number of hydrogen-bond acceptors (Lipinski definition) is 5. The van der Waals surface area contributed by atoms with Crippen molar-refractivity contribution in [3.05, 3.63) is 35.0 Å². The predicted molar refractivity (Wildman–Crippen MR) is 87.6 cm³/mol. The summed E-state index contributed by atoms with van der Waals surface area (Å²) in [5, 5.41) is 8.40. The summed E-state index contributed by atoms with van der Waals surface area (Å²) >= 11 is 0. The Morgan fingerprint density at radius 3 is 2.80 bits per heavy atom. The third-order valence-corrected chi connectivity index (χ3v) is 4.95. The molecule has 0 N–H and O–H groups in total. The number of hydrogen-bond donors (Lipinski definition) is 0. The summed E-state index contributed by atoms with van der Waals surface area (Å²) in [6, 6.07) is 3.61. The molecule has 2 aromatic rings. The van der Waals surface area contributed by atoms with E-state index in [0.717, 1.165) is 30.0 Å². The van der Waals surface area contributed by atoms with E-state index >= 15 is 0 Å². The van der Waals surface area contributed by atoms with Crippen molar-refractivity contribution in [1.82, 2.24) is 24.7 Å². The molecule has 8 heteroatoms. The van der Waals surface area contributed by atoms with Crippen molar-refractivity contribution in [2.75, 3.05) is 13.1 Å². The van der Waals surface area contributed by atoms with Crippen LogP contribution in [0.25, 0.3) is 0 Å². The van der Waals surface area contributed by atoms with Gasteiger partial charge in [0.1, 0.15) is 0 Å². The average molecular weight is 343 g/mol. The Labute approximate surface area is 145 Å². The van der Waals surface area contributed by atoms with Gasteiger partial charge in [0.15, 0.2) is 11.5 Å². The van der Waals surface area contributed by atoms with Crippen LogP contribution < -0.4 is 0 Å². The van der Waals surface area contributed by atoms with E-state index < -0.39 is 0 Å². The monoisotopic (exact) mass is 343 g/mol. The van der Waals surface area contributed by atoms with Gasteiger partial charge in [-0.25, -0.2) is 0 Å². The van der Waals surface area contributed by atoms with Gasteiger partial charge in [0, 0.05) is 26.1 Å². The normalized spacial score (nSPS) is 20.0. The van der Waals surface area contributed by atoms with E-state index in [9.17, 15) is 9.59 Å². The minimum absolute atomic E-state index is 0.0422. The fraction of sp³-hybridized carbons (Fsp3) is 0.529. The van der Waals surface area contributed by atoms with Crippen LogP contribution >= 0.6 is 0 Å². The summed E-state index contributed by atoms with van der Waals surface area (Å²) in [6.45, 7) is 5.87. The van der Waals surface area contributed by atoms with E-state index in [2.05, 4.69) is 10.3 Å². The number of fused-ring (bicyclic) bond motifs is 1. The molecule has 8 nitrogen and oxygen atoms in total. The fourth-order valence-electron chi connectivity index (χ4n) is 3.63. The van der Waals surface area contributed by atoms with Gasteiger partial charge in [-0.1, -0.05) is 5.16 Å². The van der Waals surface area contributed by atoms with Crippen molar-refractivity contribution >= 4 is 11.8 Å². The van der Waals surface area contributed by atoms with Crippen molar-refractivity contribution in [2.24, 2.45) is 0 Å². The Kier molecular flexibility index (Phi) is 3.82. The van der Waals surface area contributed by atoms with Crippen LogP contribution in [-0.2, 0) is 17.9 Å². The molecule has 1 atom stereocenters. The molecule has 2 aliphatic heterocycles. The fourth-order valence-corrected chi connectivity index (χ4v) is 3.63. The van der Waals surface area contributed by atoms with E-state index in [0.29, 0.717) is 31.9 Å². The first-order valence-corrected chi connectivity index (χ1v) is 8.59.